The Hall–Kier alpha value is -2.47. The van der Waals surface area contributed by atoms with E-state index in [4.69, 9.17) is 0 Å². The first-order valence-electron chi connectivity index (χ1n) is 8.12. The zero-order valence-electron chi connectivity index (χ0n) is 14.0. The maximum absolute atomic E-state index is 12.1. The number of nitrogens with one attached hydrogen (secondary N) is 1. The van der Waals surface area contributed by atoms with Gasteiger partial charge in [0.1, 0.15) is 5.41 Å². The van der Waals surface area contributed by atoms with Crippen molar-refractivity contribution in [3.05, 3.63) is 58.3 Å². The third kappa shape index (κ3) is 4.54. The molecular weight excluding hydrogens is 338 g/mol. The minimum Gasteiger partial charge on any atom is -0.481 e. The van der Waals surface area contributed by atoms with Crippen molar-refractivity contribution in [2.75, 3.05) is 6.54 Å². The van der Waals surface area contributed by atoms with Crippen molar-refractivity contribution >= 4 is 29.0 Å². The molecule has 25 heavy (non-hydrogen) atoms. The van der Waals surface area contributed by atoms with Gasteiger partial charge in [-0.1, -0.05) is 43.3 Å². The maximum Gasteiger partial charge on any atom is 0.315 e. The summed E-state index contributed by atoms with van der Waals surface area (Å²) in [4.78, 5) is 36.5. The number of amides is 1. The Labute approximate surface area is 150 Å². The maximum atomic E-state index is 12.1. The Bertz CT molecular complexity index is 727. The third-order valence-electron chi connectivity index (χ3n) is 4.30. The summed E-state index contributed by atoms with van der Waals surface area (Å²) in [5.74, 6) is -1.37. The van der Waals surface area contributed by atoms with E-state index in [-0.39, 0.29) is 31.1 Å². The van der Waals surface area contributed by atoms with Crippen LogP contribution in [-0.2, 0) is 15.0 Å². The Morgan fingerprint density at radius 2 is 1.80 bits per heavy atom. The normalized spacial score (nSPS) is 13.0. The molecule has 2 N–H and O–H groups in total. The van der Waals surface area contributed by atoms with E-state index in [1.54, 1.807) is 43.3 Å². The van der Waals surface area contributed by atoms with Crippen LogP contribution in [0.4, 0.5) is 0 Å². The standard InChI is InChI=1S/C19H21NO4S/c1-2-19(18(23)24,14-7-4-3-5-8-14)13-20-17(22)11-10-15(21)16-9-6-12-25-16/h3-9,12H,2,10-11,13H2,1H3,(H,20,22)(H,23,24). The second kappa shape index (κ2) is 8.58. The SMILES string of the molecule is CCC(CNC(=O)CCC(=O)c1cccs1)(C(=O)O)c1ccccc1. The lowest BCUT2D eigenvalue weighted by Gasteiger charge is -2.29. The number of carbonyl (C=O) groups is 3. The number of aliphatic carboxylic acids is 1. The molecule has 0 aliphatic rings. The van der Waals surface area contributed by atoms with Gasteiger partial charge in [0.25, 0.3) is 0 Å². The largest absolute Gasteiger partial charge is 0.481 e. The highest BCUT2D eigenvalue weighted by Gasteiger charge is 2.38. The van der Waals surface area contributed by atoms with Crippen molar-refractivity contribution in [1.29, 1.82) is 0 Å². The molecule has 0 fully saturated rings. The lowest BCUT2D eigenvalue weighted by Crippen LogP contribution is -2.46. The van der Waals surface area contributed by atoms with Crippen LogP contribution in [0.3, 0.4) is 0 Å². The molecule has 1 atom stereocenters. The van der Waals surface area contributed by atoms with Crippen molar-refractivity contribution in [2.45, 2.75) is 31.6 Å². The molecule has 1 aromatic carbocycles. The topological polar surface area (TPSA) is 83.5 Å². The number of ketones is 1. The number of hydrogen-bond donors (Lipinski definition) is 2. The van der Waals surface area contributed by atoms with E-state index in [2.05, 4.69) is 5.32 Å². The molecule has 0 saturated heterocycles. The highest BCUT2D eigenvalue weighted by molar-refractivity contribution is 7.12. The van der Waals surface area contributed by atoms with E-state index < -0.39 is 11.4 Å². The van der Waals surface area contributed by atoms with Gasteiger partial charge in [0, 0.05) is 19.4 Å². The second-order valence-corrected chi connectivity index (χ2v) is 6.73. The molecule has 1 amide bonds. The highest BCUT2D eigenvalue weighted by Crippen LogP contribution is 2.28. The third-order valence-corrected chi connectivity index (χ3v) is 5.21. The molecule has 1 heterocycles. The first kappa shape index (κ1) is 18.9. The summed E-state index contributed by atoms with van der Waals surface area (Å²) in [6.45, 7) is 1.78. The monoisotopic (exact) mass is 359 g/mol. The van der Waals surface area contributed by atoms with Gasteiger partial charge >= 0.3 is 5.97 Å². The van der Waals surface area contributed by atoms with Crippen molar-refractivity contribution in [3.63, 3.8) is 0 Å². The Kier molecular flexibility index (Phi) is 6.47. The zero-order valence-corrected chi connectivity index (χ0v) is 14.8. The second-order valence-electron chi connectivity index (χ2n) is 5.78. The summed E-state index contributed by atoms with van der Waals surface area (Å²) in [5, 5.41) is 14.2. The minimum absolute atomic E-state index is 0.00509. The first-order chi connectivity index (χ1) is 12.0. The molecule has 0 bridgehead atoms. The number of Topliss-reactive ketones (excluding diaryl/α,β-unsaturated/α-hetero) is 1. The van der Waals surface area contributed by atoms with Crippen LogP contribution < -0.4 is 5.32 Å². The summed E-state index contributed by atoms with van der Waals surface area (Å²) in [6, 6.07) is 12.4. The Morgan fingerprint density at radius 1 is 1.08 bits per heavy atom. The van der Waals surface area contributed by atoms with E-state index in [0.29, 0.717) is 16.9 Å². The molecule has 0 spiro atoms. The number of hydrogen-bond acceptors (Lipinski definition) is 4. The fourth-order valence-corrected chi connectivity index (χ4v) is 3.36. The number of thiophene rings is 1. The summed E-state index contributed by atoms with van der Waals surface area (Å²) in [5.41, 5.74) is -0.519. The van der Waals surface area contributed by atoms with Gasteiger partial charge in [0.05, 0.1) is 4.88 Å². The summed E-state index contributed by atoms with van der Waals surface area (Å²) in [6.07, 6.45) is 0.509. The van der Waals surface area contributed by atoms with Crippen molar-refractivity contribution in [1.82, 2.24) is 5.32 Å². The van der Waals surface area contributed by atoms with Crippen LogP contribution in [0.5, 0.6) is 0 Å². The van der Waals surface area contributed by atoms with Crippen LogP contribution in [0.1, 0.15) is 41.4 Å². The van der Waals surface area contributed by atoms with Crippen molar-refractivity contribution in [2.24, 2.45) is 0 Å². The fraction of sp³-hybridized carbons (Fsp3) is 0.316. The summed E-state index contributed by atoms with van der Waals surface area (Å²) in [7, 11) is 0. The number of carbonyl (C=O) groups excluding carboxylic acids is 2. The summed E-state index contributed by atoms with van der Waals surface area (Å²) < 4.78 is 0. The molecule has 0 radical (unpaired) electrons. The van der Waals surface area contributed by atoms with Gasteiger partial charge in [-0.3, -0.25) is 14.4 Å². The molecule has 5 nitrogen and oxygen atoms in total. The van der Waals surface area contributed by atoms with Crippen molar-refractivity contribution in [3.8, 4) is 0 Å². The number of carboxylic acids is 1. The molecule has 0 aliphatic carbocycles. The smallest absolute Gasteiger partial charge is 0.315 e. The minimum atomic E-state index is -1.17. The first-order valence-corrected chi connectivity index (χ1v) is 9.00. The van der Waals surface area contributed by atoms with Crippen LogP contribution in [0.25, 0.3) is 0 Å². The van der Waals surface area contributed by atoms with Gasteiger partial charge in [-0.05, 0) is 23.4 Å². The van der Waals surface area contributed by atoms with E-state index in [0.717, 1.165) is 0 Å². The number of carboxylic acid groups (broad SMARTS) is 1. The number of rotatable bonds is 9. The Morgan fingerprint density at radius 3 is 2.36 bits per heavy atom. The van der Waals surface area contributed by atoms with Crippen molar-refractivity contribution < 1.29 is 19.5 Å². The molecule has 6 heteroatoms. The average Bonchev–Trinajstić information content (AvgIpc) is 3.16. The molecule has 2 aromatic rings. The van der Waals surface area contributed by atoms with Crippen LogP contribution >= 0.6 is 11.3 Å². The summed E-state index contributed by atoms with van der Waals surface area (Å²) >= 11 is 1.35. The predicted molar refractivity (Wildman–Crippen MR) is 96.9 cm³/mol. The average molecular weight is 359 g/mol. The lowest BCUT2D eigenvalue weighted by molar-refractivity contribution is -0.144. The molecule has 1 aromatic heterocycles. The molecule has 1 unspecified atom stereocenters. The highest BCUT2D eigenvalue weighted by atomic mass is 32.1. The van der Waals surface area contributed by atoms with Gasteiger partial charge in [-0.2, -0.15) is 0 Å². The van der Waals surface area contributed by atoms with E-state index in [9.17, 15) is 19.5 Å². The zero-order chi connectivity index (χ0) is 18.3. The van der Waals surface area contributed by atoms with E-state index in [1.807, 2.05) is 11.4 Å². The number of benzene rings is 1. The molecular formula is C19H21NO4S. The van der Waals surface area contributed by atoms with Crippen LogP contribution in [0, 0.1) is 0 Å². The van der Waals surface area contributed by atoms with Gasteiger partial charge in [-0.15, -0.1) is 11.3 Å². The van der Waals surface area contributed by atoms with Gasteiger partial charge in [0.15, 0.2) is 5.78 Å². The molecule has 2 rings (SSSR count). The van der Waals surface area contributed by atoms with Crippen LogP contribution in [-0.4, -0.2) is 29.3 Å². The van der Waals surface area contributed by atoms with E-state index >= 15 is 0 Å². The fourth-order valence-electron chi connectivity index (χ4n) is 2.66. The molecule has 0 saturated carbocycles. The van der Waals surface area contributed by atoms with E-state index in [1.165, 1.54) is 11.3 Å². The van der Waals surface area contributed by atoms with Gasteiger partial charge < -0.3 is 10.4 Å². The molecule has 0 aliphatic heterocycles. The van der Waals surface area contributed by atoms with Gasteiger partial charge in [-0.25, -0.2) is 0 Å². The predicted octanol–water partition coefficient (Wildman–Crippen LogP) is 3.26. The lowest BCUT2D eigenvalue weighted by atomic mass is 9.78. The molecule has 132 valence electrons. The van der Waals surface area contributed by atoms with Gasteiger partial charge in [0.2, 0.25) is 5.91 Å². The van der Waals surface area contributed by atoms with Crippen LogP contribution in [0.2, 0.25) is 0 Å². The van der Waals surface area contributed by atoms with Crippen LogP contribution in [0.15, 0.2) is 47.8 Å². The Balaban J connectivity index is 1.97. The quantitative estimate of drug-likeness (QED) is 0.673.